The molecule has 0 spiro atoms. The van der Waals surface area contributed by atoms with Gasteiger partial charge in [-0.25, -0.2) is 9.78 Å². The molecule has 2 aromatic rings. The largest absolute Gasteiger partial charge is 0.452 e. The molecule has 2 unspecified atom stereocenters. The number of methoxy groups -OCH3 is 1. The first-order chi connectivity index (χ1) is 13.4. The fourth-order valence-electron chi connectivity index (χ4n) is 4.11. The first-order valence-corrected chi connectivity index (χ1v) is 9.72. The number of carbonyl (C=O) groups excluding carboxylic acids is 2. The molecule has 1 fully saturated rings. The SMILES string of the molecule is COCc1nc2ccccc2c(C)c1C(=O)OCC(=O)N1CC(C)CC(C)C1. The van der Waals surface area contributed by atoms with Crippen LogP contribution in [0.3, 0.4) is 0 Å². The molecule has 1 aromatic heterocycles. The summed E-state index contributed by atoms with van der Waals surface area (Å²) in [4.78, 5) is 31.7. The van der Waals surface area contributed by atoms with E-state index in [0.29, 0.717) is 36.2 Å². The summed E-state index contributed by atoms with van der Waals surface area (Å²) in [5.41, 5.74) is 2.50. The number of benzene rings is 1. The third-order valence-electron chi connectivity index (χ3n) is 5.26. The summed E-state index contributed by atoms with van der Waals surface area (Å²) in [6, 6.07) is 7.64. The molecule has 28 heavy (non-hydrogen) atoms. The van der Waals surface area contributed by atoms with Crippen LogP contribution in [0.25, 0.3) is 10.9 Å². The minimum absolute atomic E-state index is 0.147. The number of esters is 1. The number of para-hydroxylation sites is 1. The molecule has 0 N–H and O–H groups in total. The Hall–Kier alpha value is -2.47. The van der Waals surface area contributed by atoms with Gasteiger partial charge in [0.25, 0.3) is 5.91 Å². The van der Waals surface area contributed by atoms with E-state index in [4.69, 9.17) is 9.47 Å². The van der Waals surface area contributed by atoms with Gasteiger partial charge in [-0.3, -0.25) is 4.79 Å². The van der Waals surface area contributed by atoms with E-state index in [0.717, 1.165) is 22.9 Å². The number of piperidine rings is 1. The maximum absolute atomic E-state index is 12.8. The summed E-state index contributed by atoms with van der Waals surface area (Å²) >= 11 is 0. The number of fused-ring (bicyclic) bond motifs is 1. The molecule has 1 aliphatic heterocycles. The topological polar surface area (TPSA) is 68.7 Å². The fourth-order valence-corrected chi connectivity index (χ4v) is 4.11. The van der Waals surface area contributed by atoms with Crippen molar-refractivity contribution in [3.8, 4) is 0 Å². The number of nitrogens with zero attached hydrogens (tertiary/aromatic N) is 2. The Labute approximate surface area is 165 Å². The van der Waals surface area contributed by atoms with E-state index in [-0.39, 0.29) is 19.1 Å². The molecule has 1 aliphatic rings. The monoisotopic (exact) mass is 384 g/mol. The number of ether oxygens (including phenoxy) is 2. The highest BCUT2D eigenvalue weighted by Crippen LogP contribution is 2.25. The average molecular weight is 384 g/mol. The first kappa shape index (κ1) is 20.3. The van der Waals surface area contributed by atoms with Crippen molar-refractivity contribution in [3.05, 3.63) is 41.1 Å². The van der Waals surface area contributed by atoms with Crippen molar-refractivity contribution in [2.75, 3.05) is 26.8 Å². The summed E-state index contributed by atoms with van der Waals surface area (Å²) in [5.74, 6) is 0.244. The van der Waals surface area contributed by atoms with Crippen molar-refractivity contribution in [2.45, 2.75) is 33.8 Å². The molecule has 1 saturated heterocycles. The lowest BCUT2D eigenvalue weighted by atomic mass is 9.92. The number of aryl methyl sites for hydroxylation is 1. The lowest BCUT2D eigenvalue weighted by Gasteiger charge is -2.34. The molecule has 0 radical (unpaired) electrons. The second-order valence-electron chi connectivity index (χ2n) is 7.83. The molecule has 1 amide bonds. The Bertz CT molecular complexity index is 870. The maximum atomic E-state index is 12.8. The molecule has 150 valence electrons. The first-order valence-electron chi connectivity index (χ1n) is 9.72. The summed E-state index contributed by atoms with van der Waals surface area (Å²) in [7, 11) is 1.56. The minimum atomic E-state index is -0.533. The lowest BCUT2D eigenvalue weighted by Crippen LogP contribution is -2.44. The van der Waals surface area contributed by atoms with Crippen LogP contribution in [0.2, 0.25) is 0 Å². The molecule has 0 saturated carbocycles. The molecular formula is C22H28N2O4. The van der Waals surface area contributed by atoms with Gasteiger partial charge in [0.05, 0.1) is 23.4 Å². The molecule has 0 aliphatic carbocycles. The third kappa shape index (κ3) is 4.33. The van der Waals surface area contributed by atoms with Gasteiger partial charge in [0.15, 0.2) is 6.61 Å². The molecule has 2 atom stereocenters. The van der Waals surface area contributed by atoms with Gasteiger partial charge in [-0.15, -0.1) is 0 Å². The zero-order valence-electron chi connectivity index (χ0n) is 17.0. The number of hydrogen-bond acceptors (Lipinski definition) is 5. The van der Waals surface area contributed by atoms with Crippen LogP contribution in [-0.2, 0) is 20.9 Å². The Kier molecular flexibility index (Phi) is 6.29. The Balaban J connectivity index is 1.78. The van der Waals surface area contributed by atoms with Gasteiger partial charge < -0.3 is 14.4 Å². The quantitative estimate of drug-likeness (QED) is 0.740. The highest BCUT2D eigenvalue weighted by atomic mass is 16.5. The highest BCUT2D eigenvalue weighted by Gasteiger charge is 2.27. The van der Waals surface area contributed by atoms with Crippen LogP contribution in [0.15, 0.2) is 24.3 Å². The van der Waals surface area contributed by atoms with Crippen LogP contribution in [0.5, 0.6) is 0 Å². The molecule has 3 rings (SSSR count). The lowest BCUT2D eigenvalue weighted by molar-refractivity contribution is -0.137. The van der Waals surface area contributed by atoms with E-state index in [1.165, 1.54) is 0 Å². The van der Waals surface area contributed by atoms with E-state index in [1.54, 1.807) is 12.0 Å². The van der Waals surface area contributed by atoms with Gasteiger partial charge in [-0.1, -0.05) is 32.0 Å². The number of carbonyl (C=O) groups is 2. The summed E-state index contributed by atoms with van der Waals surface area (Å²) in [6.07, 6.45) is 1.12. The number of amides is 1. The number of aromatic nitrogens is 1. The van der Waals surface area contributed by atoms with Crippen molar-refractivity contribution < 1.29 is 19.1 Å². The smallest absolute Gasteiger partial charge is 0.340 e. The van der Waals surface area contributed by atoms with Gasteiger partial charge in [0, 0.05) is 25.6 Å². The molecule has 1 aromatic carbocycles. The minimum Gasteiger partial charge on any atom is -0.452 e. The molecule has 2 heterocycles. The molecule has 0 bridgehead atoms. The van der Waals surface area contributed by atoms with Crippen molar-refractivity contribution >= 4 is 22.8 Å². The second-order valence-corrected chi connectivity index (χ2v) is 7.83. The van der Waals surface area contributed by atoms with Crippen LogP contribution in [-0.4, -0.2) is 48.6 Å². The van der Waals surface area contributed by atoms with Crippen LogP contribution < -0.4 is 0 Å². The van der Waals surface area contributed by atoms with Crippen molar-refractivity contribution in [3.63, 3.8) is 0 Å². The van der Waals surface area contributed by atoms with E-state index >= 15 is 0 Å². The van der Waals surface area contributed by atoms with Gasteiger partial charge >= 0.3 is 5.97 Å². The van der Waals surface area contributed by atoms with Crippen LogP contribution in [0.1, 0.15) is 41.9 Å². The van der Waals surface area contributed by atoms with E-state index in [9.17, 15) is 9.59 Å². The van der Waals surface area contributed by atoms with Crippen molar-refractivity contribution in [1.82, 2.24) is 9.88 Å². The number of pyridine rings is 1. The Morgan fingerprint density at radius 2 is 1.86 bits per heavy atom. The van der Waals surface area contributed by atoms with E-state index in [1.807, 2.05) is 31.2 Å². The van der Waals surface area contributed by atoms with Gasteiger partial charge in [-0.2, -0.15) is 0 Å². The van der Waals surface area contributed by atoms with Crippen LogP contribution in [0.4, 0.5) is 0 Å². The zero-order chi connectivity index (χ0) is 20.3. The average Bonchev–Trinajstić information content (AvgIpc) is 2.65. The van der Waals surface area contributed by atoms with Gasteiger partial charge in [-0.05, 0) is 36.8 Å². The maximum Gasteiger partial charge on any atom is 0.340 e. The van der Waals surface area contributed by atoms with Crippen molar-refractivity contribution in [2.24, 2.45) is 11.8 Å². The number of rotatable bonds is 5. The van der Waals surface area contributed by atoms with Crippen molar-refractivity contribution in [1.29, 1.82) is 0 Å². The predicted octanol–water partition coefficient (Wildman–Crippen LogP) is 3.35. The Morgan fingerprint density at radius 3 is 2.54 bits per heavy atom. The standard InChI is InChI=1S/C22H28N2O4/c1-14-9-15(2)11-24(10-14)20(25)13-28-22(26)21-16(3)17-7-5-6-8-18(17)23-19(21)12-27-4/h5-8,14-15H,9-13H2,1-4H3. The zero-order valence-corrected chi connectivity index (χ0v) is 17.0. The summed E-state index contributed by atoms with van der Waals surface area (Å²) in [5, 5.41) is 0.888. The van der Waals surface area contributed by atoms with Gasteiger partial charge in [0.1, 0.15) is 0 Å². The summed E-state index contributed by atoms with van der Waals surface area (Å²) in [6.45, 7) is 7.53. The predicted molar refractivity (Wildman–Crippen MR) is 107 cm³/mol. The van der Waals surface area contributed by atoms with E-state index in [2.05, 4.69) is 18.8 Å². The number of hydrogen-bond donors (Lipinski definition) is 0. The third-order valence-corrected chi connectivity index (χ3v) is 5.26. The number of likely N-dealkylation sites (tertiary alicyclic amines) is 1. The highest BCUT2D eigenvalue weighted by molar-refractivity contribution is 5.99. The normalized spacial score (nSPS) is 19.6. The molecular weight excluding hydrogens is 356 g/mol. The van der Waals surface area contributed by atoms with Crippen LogP contribution >= 0.6 is 0 Å². The summed E-state index contributed by atoms with van der Waals surface area (Å²) < 4.78 is 10.6. The van der Waals surface area contributed by atoms with E-state index < -0.39 is 5.97 Å². The Morgan fingerprint density at radius 1 is 1.18 bits per heavy atom. The molecule has 6 heteroatoms. The van der Waals surface area contributed by atoms with Crippen LogP contribution in [0, 0.1) is 18.8 Å². The fraction of sp³-hybridized carbons (Fsp3) is 0.500. The second kappa shape index (κ2) is 8.69. The van der Waals surface area contributed by atoms with Gasteiger partial charge in [0.2, 0.25) is 0 Å². The molecule has 6 nitrogen and oxygen atoms in total.